The Kier molecular flexibility index (Phi) is 6.41. The number of nitrogens with zero attached hydrogens (tertiary/aromatic N) is 4. The third-order valence-electron chi connectivity index (χ3n) is 7.30. The molecule has 0 radical (unpaired) electrons. The molecule has 0 unspecified atom stereocenters. The minimum Gasteiger partial charge on any atom is -0.379 e. The van der Waals surface area contributed by atoms with Crippen molar-refractivity contribution in [2.24, 2.45) is 0 Å². The lowest BCUT2D eigenvalue weighted by molar-refractivity contribution is 0.0336. The molecule has 0 amide bonds. The minimum atomic E-state index is 0.627. The van der Waals surface area contributed by atoms with Crippen molar-refractivity contribution >= 4 is 16.6 Å². The summed E-state index contributed by atoms with van der Waals surface area (Å²) < 4.78 is 5.52. The zero-order chi connectivity index (χ0) is 22.9. The summed E-state index contributed by atoms with van der Waals surface area (Å²) >= 11 is 0. The van der Waals surface area contributed by atoms with Gasteiger partial charge in [-0.1, -0.05) is 12.1 Å². The Morgan fingerprint density at radius 2 is 1.67 bits per heavy atom. The molecule has 0 aliphatic carbocycles. The lowest BCUT2D eigenvalue weighted by atomic mass is 10.0. The van der Waals surface area contributed by atoms with Crippen LogP contribution in [-0.2, 0) is 11.3 Å². The van der Waals surface area contributed by atoms with E-state index in [1.54, 1.807) is 0 Å². The van der Waals surface area contributed by atoms with E-state index in [1.165, 1.54) is 33.4 Å². The Morgan fingerprint density at radius 3 is 2.33 bits per heavy atom. The minimum absolute atomic E-state index is 0.627. The van der Waals surface area contributed by atoms with Crippen molar-refractivity contribution in [2.45, 2.75) is 40.3 Å². The van der Waals surface area contributed by atoms with Crippen molar-refractivity contribution < 1.29 is 4.74 Å². The average Bonchev–Trinajstić information content (AvgIpc) is 3.14. The molecule has 2 aliphatic heterocycles. The van der Waals surface area contributed by atoms with Gasteiger partial charge in [-0.15, -0.1) is 0 Å². The number of benzene rings is 1. The molecule has 0 atom stereocenters. The maximum atomic E-state index is 5.52. The summed E-state index contributed by atoms with van der Waals surface area (Å²) in [6, 6.07) is 11.8. The summed E-state index contributed by atoms with van der Waals surface area (Å²) in [4.78, 5) is 16.2. The molecule has 2 aliphatic rings. The van der Waals surface area contributed by atoms with E-state index in [4.69, 9.17) is 9.72 Å². The number of aromatic amines is 1. The van der Waals surface area contributed by atoms with Crippen molar-refractivity contribution in [1.29, 1.82) is 0 Å². The number of fused-ring (bicyclic) bond motifs is 1. The van der Waals surface area contributed by atoms with E-state index in [2.05, 4.69) is 77.7 Å². The van der Waals surface area contributed by atoms with Crippen LogP contribution in [0.3, 0.4) is 0 Å². The first-order chi connectivity index (χ1) is 16.0. The second kappa shape index (κ2) is 9.45. The van der Waals surface area contributed by atoms with E-state index in [9.17, 15) is 0 Å². The van der Waals surface area contributed by atoms with Crippen LogP contribution in [0.15, 0.2) is 30.3 Å². The number of ether oxygens (including phenoxy) is 1. The van der Waals surface area contributed by atoms with Gasteiger partial charge in [0, 0.05) is 85.4 Å². The van der Waals surface area contributed by atoms with Gasteiger partial charge >= 0.3 is 0 Å². The van der Waals surface area contributed by atoms with Crippen LogP contribution in [0.4, 0.5) is 5.69 Å². The molecule has 2 fully saturated rings. The number of nitrogens with one attached hydrogen (secondary N) is 1. The fraction of sp³-hybridized carbons (Fsp3) is 0.519. The molecule has 2 saturated heterocycles. The molecule has 0 bridgehead atoms. The van der Waals surface area contributed by atoms with Gasteiger partial charge in [0.1, 0.15) is 0 Å². The van der Waals surface area contributed by atoms with Crippen LogP contribution in [0, 0.1) is 13.8 Å². The zero-order valence-corrected chi connectivity index (χ0v) is 20.5. The SMILES string of the molecule is Cc1cc2[nH]c(CN3CCOCC3)c(C)c2c(-c2ccc(N3CCN(C(C)C)CC3)cc2)n1. The Labute approximate surface area is 197 Å². The third kappa shape index (κ3) is 4.65. The van der Waals surface area contributed by atoms with Crippen LogP contribution >= 0.6 is 0 Å². The second-order valence-electron chi connectivity index (χ2n) is 9.82. The summed E-state index contributed by atoms with van der Waals surface area (Å²) in [6.45, 7) is 17.9. The van der Waals surface area contributed by atoms with E-state index in [1.807, 2.05) is 0 Å². The number of hydrogen-bond donors (Lipinski definition) is 1. The highest BCUT2D eigenvalue weighted by atomic mass is 16.5. The summed E-state index contributed by atoms with van der Waals surface area (Å²) in [7, 11) is 0. The lowest BCUT2D eigenvalue weighted by Crippen LogP contribution is -2.48. The zero-order valence-electron chi connectivity index (χ0n) is 20.5. The van der Waals surface area contributed by atoms with Gasteiger partial charge in [0.2, 0.25) is 0 Å². The second-order valence-corrected chi connectivity index (χ2v) is 9.82. The monoisotopic (exact) mass is 447 g/mol. The maximum Gasteiger partial charge on any atom is 0.0801 e. The summed E-state index contributed by atoms with van der Waals surface area (Å²) in [5.41, 5.74) is 8.42. The van der Waals surface area contributed by atoms with Crippen molar-refractivity contribution in [3.63, 3.8) is 0 Å². The van der Waals surface area contributed by atoms with Crippen LogP contribution in [0.5, 0.6) is 0 Å². The van der Waals surface area contributed by atoms with Crippen LogP contribution in [0.1, 0.15) is 30.8 Å². The largest absolute Gasteiger partial charge is 0.379 e. The first kappa shape index (κ1) is 22.4. The predicted octanol–water partition coefficient (Wildman–Crippen LogP) is 4.21. The van der Waals surface area contributed by atoms with Crippen LogP contribution in [0.25, 0.3) is 22.2 Å². The Morgan fingerprint density at radius 1 is 0.970 bits per heavy atom. The van der Waals surface area contributed by atoms with E-state index < -0.39 is 0 Å². The molecule has 3 aromatic rings. The average molecular weight is 448 g/mol. The first-order valence-corrected chi connectivity index (χ1v) is 12.4. The number of H-pyrrole nitrogens is 1. The predicted molar refractivity (Wildman–Crippen MR) is 136 cm³/mol. The molecule has 4 heterocycles. The smallest absolute Gasteiger partial charge is 0.0801 e. The number of morpholine rings is 1. The molecule has 6 nitrogen and oxygen atoms in total. The number of rotatable bonds is 5. The molecule has 6 heteroatoms. The maximum absolute atomic E-state index is 5.52. The van der Waals surface area contributed by atoms with Crippen molar-refractivity contribution in [1.82, 2.24) is 19.8 Å². The van der Waals surface area contributed by atoms with Crippen LogP contribution in [0.2, 0.25) is 0 Å². The summed E-state index contributed by atoms with van der Waals surface area (Å²) in [5.74, 6) is 0. The number of pyridine rings is 1. The number of anilines is 1. The molecule has 5 rings (SSSR count). The normalized spacial score (nSPS) is 18.5. The highest BCUT2D eigenvalue weighted by Gasteiger charge is 2.20. The summed E-state index contributed by atoms with van der Waals surface area (Å²) in [5, 5.41) is 1.25. The molecular formula is C27H37N5O. The molecule has 33 heavy (non-hydrogen) atoms. The van der Waals surface area contributed by atoms with Gasteiger partial charge in [-0.05, 0) is 51.5 Å². The Bertz CT molecular complexity index is 1090. The molecule has 2 aromatic heterocycles. The van der Waals surface area contributed by atoms with Crippen LogP contribution < -0.4 is 4.90 Å². The van der Waals surface area contributed by atoms with E-state index >= 15 is 0 Å². The van der Waals surface area contributed by atoms with Gasteiger partial charge in [-0.2, -0.15) is 0 Å². The highest BCUT2D eigenvalue weighted by molar-refractivity contribution is 5.96. The molecule has 0 spiro atoms. The van der Waals surface area contributed by atoms with Gasteiger partial charge in [0.15, 0.2) is 0 Å². The van der Waals surface area contributed by atoms with Gasteiger partial charge in [0.05, 0.1) is 18.9 Å². The molecule has 176 valence electrons. The van der Waals surface area contributed by atoms with Crippen molar-refractivity contribution in [2.75, 3.05) is 57.4 Å². The number of piperazine rings is 1. The number of hydrogen-bond acceptors (Lipinski definition) is 5. The summed E-state index contributed by atoms with van der Waals surface area (Å²) in [6.07, 6.45) is 0. The van der Waals surface area contributed by atoms with E-state index in [-0.39, 0.29) is 0 Å². The Balaban J connectivity index is 1.41. The highest BCUT2D eigenvalue weighted by Crippen LogP contribution is 2.33. The van der Waals surface area contributed by atoms with Gasteiger partial charge in [-0.3, -0.25) is 14.8 Å². The standard InChI is InChI=1S/C27H37N5O/c1-19(2)31-9-11-32(12-10-31)23-7-5-22(6-8-23)27-26-21(4)25(18-30-13-15-33-16-14-30)29-24(26)17-20(3)28-27/h5-8,17,19,29H,9-16,18H2,1-4H3. The molecule has 1 aromatic carbocycles. The fourth-order valence-corrected chi connectivity index (χ4v) is 5.24. The van der Waals surface area contributed by atoms with Crippen LogP contribution in [-0.4, -0.2) is 78.3 Å². The number of aryl methyl sites for hydroxylation is 2. The van der Waals surface area contributed by atoms with Gasteiger partial charge in [0.25, 0.3) is 0 Å². The quantitative estimate of drug-likeness (QED) is 0.635. The van der Waals surface area contributed by atoms with Crippen molar-refractivity contribution in [3.8, 4) is 11.3 Å². The molecular weight excluding hydrogens is 410 g/mol. The lowest BCUT2D eigenvalue weighted by Gasteiger charge is -2.38. The number of aromatic nitrogens is 2. The first-order valence-electron chi connectivity index (χ1n) is 12.4. The molecule has 0 saturated carbocycles. The van der Waals surface area contributed by atoms with E-state index in [0.29, 0.717) is 6.04 Å². The van der Waals surface area contributed by atoms with Crippen molar-refractivity contribution in [3.05, 3.63) is 47.3 Å². The van der Waals surface area contributed by atoms with Gasteiger partial charge < -0.3 is 14.6 Å². The third-order valence-corrected chi connectivity index (χ3v) is 7.30. The molecule has 1 N–H and O–H groups in total. The van der Waals surface area contributed by atoms with Gasteiger partial charge in [-0.25, -0.2) is 0 Å². The van der Waals surface area contributed by atoms with E-state index in [0.717, 1.165) is 70.4 Å². The fourth-order valence-electron chi connectivity index (χ4n) is 5.24. The Hall–Kier alpha value is -2.41. The topological polar surface area (TPSA) is 47.6 Å².